The van der Waals surface area contributed by atoms with Gasteiger partial charge in [-0.3, -0.25) is 9.69 Å². The van der Waals surface area contributed by atoms with Crippen molar-refractivity contribution in [3.63, 3.8) is 0 Å². The fourth-order valence-electron chi connectivity index (χ4n) is 3.67. The maximum absolute atomic E-state index is 13.2. The second-order valence-electron chi connectivity index (χ2n) is 6.78. The minimum Gasteiger partial charge on any atom is -0.329 e. The average molecular weight is 385 g/mol. The molecule has 142 valence electrons. The first kappa shape index (κ1) is 18.1. The number of amides is 1. The van der Waals surface area contributed by atoms with Crippen LogP contribution in [0.15, 0.2) is 30.2 Å². The molecule has 0 N–H and O–H groups in total. The summed E-state index contributed by atoms with van der Waals surface area (Å²) in [5.74, 6) is -0.00769. The van der Waals surface area contributed by atoms with Crippen LogP contribution < -0.4 is 0 Å². The summed E-state index contributed by atoms with van der Waals surface area (Å²) in [5.41, 5.74) is 2.27. The van der Waals surface area contributed by atoms with E-state index in [1.54, 1.807) is 28.2 Å². The molecule has 0 saturated carbocycles. The Balaban J connectivity index is 1.59. The van der Waals surface area contributed by atoms with Gasteiger partial charge in [0.2, 0.25) is 0 Å². The number of likely N-dealkylation sites (tertiary alicyclic amines) is 1. The van der Waals surface area contributed by atoms with Gasteiger partial charge in [0.05, 0.1) is 12.2 Å². The van der Waals surface area contributed by atoms with Crippen molar-refractivity contribution in [1.29, 1.82) is 0 Å². The van der Waals surface area contributed by atoms with Crippen molar-refractivity contribution in [2.24, 2.45) is 0 Å². The van der Waals surface area contributed by atoms with Gasteiger partial charge < -0.3 is 4.90 Å². The summed E-state index contributed by atoms with van der Waals surface area (Å²) in [6.07, 6.45) is 9.23. The molecule has 0 aromatic carbocycles. The molecular formula is C19H24N6OS. The molecule has 0 aliphatic carbocycles. The number of fused-ring (bicyclic) bond motifs is 1. The van der Waals surface area contributed by atoms with Gasteiger partial charge in [0.1, 0.15) is 10.6 Å². The van der Waals surface area contributed by atoms with Gasteiger partial charge in [0.25, 0.3) is 5.91 Å². The van der Waals surface area contributed by atoms with Crippen molar-refractivity contribution >= 4 is 22.9 Å². The molecule has 3 aromatic rings. The Kier molecular flexibility index (Phi) is 5.18. The van der Waals surface area contributed by atoms with E-state index in [0.29, 0.717) is 11.2 Å². The van der Waals surface area contributed by atoms with E-state index in [-0.39, 0.29) is 11.9 Å². The summed E-state index contributed by atoms with van der Waals surface area (Å²) >= 11 is 1.61. The first-order valence-electron chi connectivity index (χ1n) is 9.46. The minimum atomic E-state index is -0.00769. The Bertz CT molecular complexity index is 918. The average Bonchev–Trinajstić information content (AvgIpc) is 3.44. The quantitative estimate of drug-likeness (QED) is 0.654. The zero-order valence-corrected chi connectivity index (χ0v) is 16.5. The molecule has 0 bridgehead atoms. The molecule has 1 unspecified atom stereocenters. The van der Waals surface area contributed by atoms with Gasteiger partial charge in [0.15, 0.2) is 5.65 Å². The van der Waals surface area contributed by atoms with Crippen LogP contribution in [0.3, 0.4) is 0 Å². The van der Waals surface area contributed by atoms with Crippen LogP contribution in [-0.4, -0.2) is 54.9 Å². The van der Waals surface area contributed by atoms with Gasteiger partial charge in [-0.2, -0.15) is 5.10 Å². The third-order valence-corrected chi connectivity index (χ3v) is 6.07. The van der Waals surface area contributed by atoms with Gasteiger partial charge in [0, 0.05) is 42.6 Å². The maximum Gasteiger partial charge on any atom is 0.259 e. The van der Waals surface area contributed by atoms with Crippen molar-refractivity contribution in [2.75, 3.05) is 19.6 Å². The lowest BCUT2D eigenvalue weighted by molar-refractivity contribution is 0.0737. The number of hydrogen-bond donors (Lipinski definition) is 0. The predicted octanol–water partition coefficient (Wildman–Crippen LogP) is 3.00. The molecule has 0 spiro atoms. The van der Waals surface area contributed by atoms with E-state index in [2.05, 4.69) is 33.8 Å². The molecule has 1 amide bonds. The van der Waals surface area contributed by atoms with Crippen molar-refractivity contribution in [3.8, 4) is 0 Å². The summed E-state index contributed by atoms with van der Waals surface area (Å²) in [5, 5.41) is 7.36. The Morgan fingerprint density at radius 2 is 2.15 bits per heavy atom. The van der Waals surface area contributed by atoms with Gasteiger partial charge in [-0.1, -0.05) is 13.8 Å². The molecule has 4 rings (SSSR count). The van der Waals surface area contributed by atoms with E-state index >= 15 is 0 Å². The van der Waals surface area contributed by atoms with Crippen LogP contribution in [0.5, 0.6) is 0 Å². The first-order chi connectivity index (χ1) is 13.2. The molecule has 27 heavy (non-hydrogen) atoms. The van der Waals surface area contributed by atoms with E-state index in [0.717, 1.165) is 49.6 Å². The topological polar surface area (TPSA) is 66.6 Å². The van der Waals surface area contributed by atoms with E-state index in [9.17, 15) is 4.79 Å². The fraction of sp³-hybridized carbons (Fsp3) is 0.474. The number of carbonyl (C=O) groups excluding carboxylic acids is 1. The third kappa shape index (κ3) is 3.46. The van der Waals surface area contributed by atoms with Crippen LogP contribution in [0.1, 0.15) is 53.7 Å². The molecule has 1 aliphatic rings. The van der Waals surface area contributed by atoms with Gasteiger partial charge >= 0.3 is 0 Å². The SMILES string of the molecule is CCN(CC)Cc1cnc2c(C(=O)N3CCCC3c3nccs3)cnn2c1. The zero-order chi connectivity index (χ0) is 18.8. The van der Waals surface area contributed by atoms with E-state index in [1.165, 1.54) is 0 Å². The maximum atomic E-state index is 13.2. The summed E-state index contributed by atoms with van der Waals surface area (Å²) in [4.78, 5) is 26.4. The normalized spacial score (nSPS) is 17.3. The summed E-state index contributed by atoms with van der Waals surface area (Å²) in [6.45, 7) is 7.86. The molecule has 7 nitrogen and oxygen atoms in total. The van der Waals surface area contributed by atoms with Gasteiger partial charge in [-0.05, 0) is 25.9 Å². The second kappa shape index (κ2) is 7.74. The number of thiazole rings is 1. The molecule has 1 saturated heterocycles. The zero-order valence-electron chi connectivity index (χ0n) is 15.7. The summed E-state index contributed by atoms with van der Waals surface area (Å²) in [7, 11) is 0. The first-order valence-corrected chi connectivity index (χ1v) is 10.3. The molecule has 8 heteroatoms. The van der Waals surface area contributed by atoms with Crippen molar-refractivity contribution in [2.45, 2.75) is 39.3 Å². The molecular weight excluding hydrogens is 360 g/mol. The standard InChI is InChI=1S/C19H24N6OS/c1-3-23(4-2)12-14-10-21-17-15(11-22-25(17)13-14)19(26)24-8-5-6-16(24)18-20-7-9-27-18/h7,9-11,13,16H,3-6,8,12H2,1-2H3. The van der Waals surface area contributed by atoms with E-state index < -0.39 is 0 Å². The van der Waals surface area contributed by atoms with Gasteiger partial charge in [-0.15, -0.1) is 11.3 Å². The highest BCUT2D eigenvalue weighted by Crippen LogP contribution is 2.34. The lowest BCUT2D eigenvalue weighted by Gasteiger charge is -2.22. The monoisotopic (exact) mass is 384 g/mol. The largest absolute Gasteiger partial charge is 0.329 e. The third-order valence-electron chi connectivity index (χ3n) is 5.19. The number of hydrogen-bond acceptors (Lipinski definition) is 6. The van der Waals surface area contributed by atoms with Crippen LogP contribution in [0.2, 0.25) is 0 Å². The Morgan fingerprint density at radius 1 is 1.30 bits per heavy atom. The number of rotatable bonds is 6. The lowest BCUT2D eigenvalue weighted by atomic mass is 10.2. The van der Waals surface area contributed by atoms with E-state index in [1.807, 2.05) is 22.7 Å². The molecule has 4 heterocycles. The Morgan fingerprint density at radius 3 is 2.89 bits per heavy atom. The number of carbonyl (C=O) groups is 1. The highest BCUT2D eigenvalue weighted by molar-refractivity contribution is 7.09. The van der Waals surface area contributed by atoms with Crippen molar-refractivity contribution in [1.82, 2.24) is 29.4 Å². The fourth-order valence-corrected chi connectivity index (χ4v) is 4.46. The molecule has 1 atom stereocenters. The van der Waals surface area contributed by atoms with Crippen LogP contribution in [-0.2, 0) is 6.54 Å². The number of nitrogens with zero attached hydrogens (tertiary/aromatic N) is 6. The number of aromatic nitrogens is 4. The van der Waals surface area contributed by atoms with Crippen LogP contribution >= 0.6 is 11.3 Å². The van der Waals surface area contributed by atoms with Crippen LogP contribution in [0, 0.1) is 0 Å². The lowest BCUT2D eigenvalue weighted by Crippen LogP contribution is -2.30. The Labute approximate surface area is 162 Å². The molecule has 1 aliphatic heterocycles. The van der Waals surface area contributed by atoms with Crippen LogP contribution in [0.25, 0.3) is 5.65 Å². The molecule has 3 aromatic heterocycles. The van der Waals surface area contributed by atoms with E-state index in [4.69, 9.17) is 0 Å². The molecule has 0 radical (unpaired) electrons. The predicted molar refractivity (Wildman–Crippen MR) is 105 cm³/mol. The van der Waals surface area contributed by atoms with Crippen LogP contribution in [0.4, 0.5) is 0 Å². The molecule has 1 fully saturated rings. The van der Waals surface area contributed by atoms with Gasteiger partial charge in [-0.25, -0.2) is 14.5 Å². The smallest absolute Gasteiger partial charge is 0.259 e. The second-order valence-corrected chi connectivity index (χ2v) is 7.70. The van der Waals surface area contributed by atoms with Crippen molar-refractivity contribution < 1.29 is 4.79 Å². The Hall–Kier alpha value is -2.32. The highest BCUT2D eigenvalue weighted by Gasteiger charge is 2.33. The highest BCUT2D eigenvalue weighted by atomic mass is 32.1. The van der Waals surface area contributed by atoms with Crippen molar-refractivity contribution in [3.05, 3.63) is 46.3 Å². The minimum absolute atomic E-state index is 0.00769. The summed E-state index contributed by atoms with van der Waals surface area (Å²) in [6, 6.07) is 0.0642. The summed E-state index contributed by atoms with van der Waals surface area (Å²) < 4.78 is 1.72.